The van der Waals surface area contributed by atoms with Crippen molar-refractivity contribution < 1.29 is 19.2 Å². The number of carbonyl (C=O) groups is 1. The number of rotatable bonds is 8. The molecule has 0 bridgehead atoms. The lowest BCUT2D eigenvalue weighted by molar-refractivity contribution is -0.385. The Balaban J connectivity index is 0.00000420. The fraction of sp³-hybridized carbons (Fsp3) is 0.581. The topological polar surface area (TPSA) is 85.2 Å². The molecule has 8 nitrogen and oxygen atoms in total. The Hall–Kier alpha value is -3.13. The normalized spacial score (nSPS) is 17.4. The van der Waals surface area contributed by atoms with E-state index in [0.717, 1.165) is 45.3 Å². The number of ether oxygens (including phenoxy) is 2. The van der Waals surface area contributed by atoms with Crippen LogP contribution in [0.25, 0.3) is 0 Å². The number of nitrogens with zero attached hydrogens (tertiary/aromatic N) is 3. The number of piperidine rings is 2. The van der Waals surface area contributed by atoms with Gasteiger partial charge in [-0.05, 0) is 54.5 Å². The Bertz CT molecular complexity index is 1100. The third-order valence-electron chi connectivity index (χ3n) is 7.92. The highest BCUT2D eigenvalue weighted by molar-refractivity contribution is 5.76. The monoisotopic (exact) mass is 539 g/mol. The Morgan fingerprint density at radius 2 is 1.64 bits per heavy atom. The first-order chi connectivity index (χ1) is 18.1. The van der Waals surface area contributed by atoms with Gasteiger partial charge in [0.25, 0.3) is 0 Å². The van der Waals surface area contributed by atoms with Crippen LogP contribution in [0.5, 0.6) is 11.5 Å². The summed E-state index contributed by atoms with van der Waals surface area (Å²) >= 11 is 0. The van der Waals surface area contributed by atoms with Gasteiger partial charge >= 0.3 is 5.69 Å². The summed E-state index contributed by atoms with van der Waals surface area (Å²) in [5, 5.41) is 11.1. The molecular formula is C31H45N3O5. The molecule has 2 aromatic rings. The molecule has 8 heteroatoms. The van der Waals surface area contributed by atoms with Crippen LogP contribution in [0.2, 0.25) is 0 Å². The number of benzene rings is 2. The van der Waals surface area contributed by atoms with Crippen LogP contribution in [-0.4, -0.2) is 66.6 Å². The minimum Gasteiger partial charge on any atom is -0.490 e. The SMILES string of the molecule is C.COc1cc(OC2CCN(C(=O)CCN3CCC(c4ccc(C(C)(C)C)cc4)CC3)CC2)ccc1[N+](=O)[O-]. The van der Waals surface area contributed by atoms with Crippen molar-refractivity contribution in [2.24, 2.45) is 0 Å². The van der Waals surface area contributed by atoms with Crippen LogP contribution in [-0.2, 0) is 10.2 Å². The fourth-order valence-electron chi connectivity index (χ4n) is 5.45. The Labute approximate surface area is 233 Å². The third kappa shape index (κ3) is 7.94. The van der Waals surface area contributed by atoms with Crippen LogP contribution in [0.15, 0.2) is 42.5 Å². The van der Waals surface area contributed by atoms with Crippen molar-refractivity contribution in [1.82, 2.24) is 9.80 Å². The van der Waals surface area contributed by atoms with E-state index in [0.29, 0.717) is 31.2 Å². The van der Waals surface area contributed by atoms with Gasteiger partial charge in [-0.2, -0.15) is 0 Å². The molecule has 2 saturated heterocycles. The molecule has 2 aromatic carbocycles. The number of hydrogen-bond acceptors (Lipinski definition) is 6. The summed E-state index contributed by atoms with van der Waals surface area (Å²) in [6.45, 7) is 11.0. The number of methoxy groups -OCH3 is 1. The van der Waals surface area contributed by atoms with Gasteiger partial charge in [-0.3, -0.25) is 14.9 Å². The second-order valence-electron chi connectivity index (χ2n) is 11.5. The lowest BCUT2D eigenvalue weighted by Crippen LogP contribution is -2.43. The summed E-state index contributed by atoms with van der Waals surface area (Å²) in [7, 11) is 1.41. The molecule has 0 atom stereocenters. The molecule has 2 heterocycles. The largest absolute Gasteiger partial charge is 0.490 e. The minimum atomic E-state index is -0.472. The van der Waals surface area contributed by atoms with Crippen LogP contribution in [0.3, 0.4) is 0 Å². The smallest absolute Gasteiger partial charge is 0.311 e. The van der Waals surface area contributed by atoms with Gasteiger partial charge in [0.15, 0.2) is 0 Å². The first-order valence-electron chi connectivity index (χ1n) is 13.7. The van der Waals surface area contributed by atoms with E-state index < -0.39 is 4.92 Å². The maximum absolute atomic E-state index is 12.9. The van der Waals surface area contributed by atoms with Crippen molar-refractivity contribution in [2.75, 3.05) is 39.8 Å². The molecule has 39 heavy (non-hydrogen) atoms. The van der Waals surface area contributed by atoms with Crippen LogP contribution in [0.4, 0.5) is 5.69 Å². The summed E-state index contributed by atoms with van der Waals surface area (Å²) in [5.74, 6) is 1.54. The van der Waals surface area contributed by atoms with Gasteiger partial charge in [-0.15, -0.1) is 0 Å². The van der Waals surface area contributed by atoms with E-state index in [2.05, 4.69) is 49.9 Å². The summed E-state index contributed by atoms with van der Waals surface area (Å²) in [6, 6.07) is 13.7. The molecular weight excluding hydrogens is 494 g/mol. The van der Waals surface area contributed by atoms with Crippen molar-refractivity contribution in [1.29, 1.82) is 0 Å². The summed E-state index contributed by atoms with van der Waals surface area (Å²) in [5.41, 5.74) is 2.91. The molecule has 0 saturated carbocycles. The Morgan fingerprint density at radius 3 is 2.21 bits per heavy atom. The van der Waals surface area contributed by atoms with Crippen molar-refractivity contribution in [3.05, 3.63) is 63.7 Å². The molecule has 2 fully saturated rings. The van der Waals surface area contributed by atoms with Gasteiger partial charge in [0.05, 0.1) is 12.0 Å². The zero-order valence-corrected chi connectivity index (χ0v) is 23.2. The number of nitro benzene ring substituents is 1. The molecule has 0 spiro atoms. The van der Waals surface area contributed by atoms with E-state index in [1.54, 1.807) is 12.1 Å². The Morgan fingerprint density at radius 1 is 1.00 bits per heavy atom. The summed E-state index contributed by atoms with van der Waals surface area (Å²) < 4.78 is 11.2. The predicted octanol–water partition coefficient (Wildman–Crippen LogP) is 6.18. The van der Waals surface area contributed by atoms with E-state index in [4.69, 9.17) is 9.47 Å². The van der Waals surface area contributed by atoms with E-state index in [1.165, 1.54) is 24.3 Å². The van der Waals surface area contributed by atoms with Crippen LogP contribution >= 0.6 is 0 Å². The number of nitro groups is 1. The zero-order valence-electron chi connectivity index (χ0n) is 23.2. The highest BCUT2D eigenvalue weighted by Crippen LogP contribution is 2.33. The molecule has 0 N–H and O–H groups in total. The second-order valence-corrected chi connectivity index (χ2v) is 11.5. The van der Waals surface area contributed by atoms with Gasteiger partial charge < -0.3 is 19.3 Å². The lowest BCUT2D eigenvalue weighted by Gasteiger charge is -2.34. The predicted molar refractivity (Wildman–Crippen MR) is 155 cm³/mol. The van der Waals surface area contributed by atoms with Crippen molar-refractivity contribution in [3.8, 4) is 11.5 Å². The highest BCUT2D eigenvalue weighted by atomic mass is 16.6. The summed E-state index contributed by atoms with van der Waals surface area (Å²) in [6.07, 6.45) is 4.28. The number of likely N-dealkylation sites (tertiary alicyclic amines) is 2. The van der Waals surface area contributed by atoms with Gasteiger partial charge in [0.1, 0.15) is 11.9 Å². The quantitative estimate of drug-likeness (QED) is 0.294. The van der Waals surface area contributed by atoms with Crippen LogP contribution in [0.1, 0.15) is 77.3 Å². The minimum absolute atomic E-state index is 0. The molecule has 0 aliphatic carbocycles. The van der Waals surface area contributed by atoms with Crippen molar-refractivity contribution >= 4 is 11.6 Å². The van der Waals surface area contributed by atoms with Gasteiger partial charge in [-0.1, -0.05) is 52.5 Å². The highest BCUT2D eigenvalue weighted by Gasteiger charge is 2.26. The van der Waals surface area contributed by atoms with Crippen molar-refractivity contribution in [3.63, 3.8) is 0 Å². The molecule has 0 aromatic heterocycles. The number of carbonyl (C=O) groups excluding carboxylic acids is 1. The molecule has 214 valence electrons. The van der Waals surface area contributed by atoms with Gasteiger partial charge in [0, 0.05) is 51.0 Å². The average molecular weight is 540 g/mol. The first kappa shape index (κ1) is 30.4. The average Bonchev–Trinajstić information content (AvgIpc) is 2.92. The molecule has 0 radical (unpaired) electrons. The lowest BCUT2D eigenvalue weighted by atomic mass is 9.84. The van der Waals surface area contributed by atoms with Crippen LogP contribution < -0.4 is 9.47 Å². The van der Waals surface area contributed by atoms with Crippen molar-refractivity contribution in [2.45, 2.75) is 77.7 Å². The molecule has 2 aliphatic rings. The Kier molecular flexibility index (Phi) is 10.4. The standard InChI is InChI=1S/C30H41N3O5.CH4/c1-30(2,3)24-7-5-22(6-8-24)23-11-16-31(17-12-23)18-15-29(34)32-19-13-25(14-20-32)38-26-9-10-27(33(35)36)28(21-26)37-4;/h5-10,21,23,25H,11-20H2,1-4H3;1H4. The fourth-order valence-corrected chi connectivity index (χ4v) is 5.45. The maximum atomic E-state index is 12.9. The molecule has 4 rings (SSSR count). The zero-order chi connectivity index (χ0) is 27.3. The van der Waals surface area contributed by atoms with E-state index in [9.17, 15) is 14.9 Å². The molecule has 2 aliphatic heterocycles. The molecule has 1 amide bonds. The van der Waals surface area contributed by atoms with Crippen LogP contribution in [0, 0.1) is 10.1 Å². The van der Waals surface area contributed by atoms with Gasteiger partial charge in [-0.25, -0.2) is 0 Å². The maximum Gasteiger partial charge on any atom is 0.311 e. The number of hydrogen-bond donors (Lipinski definition) is 0. The third-order valence-corrected chi connectivity index (χ3v) is 7.92. The number of amides is 1. The van der Waals surface area contributed by atoms with E-state index >= 15 is 0 Å². The van der Waals surface area contributed by atoms with Gasteiger partial charge in [0.2, 0.25) is 11.7 Å². The van der Waals surface area contributed by atoms with E-state index in [-0.39, 0.29) is 36.3 Å². The van der Waals surface area contributed by atoms with E-state index in [1.807, 2.05) is 4.90 Å². The molecule has 0 unspecified atom stereocenters. The summed E-state index contributed by atoms with van der Waals surface area (Å²) in [4.78, 5) is 27.9. The second kappa shape index (κ2) is 13.3. The first-order valence-corrected chi connectivity index (χ1v) is 13.7.